The largest absolute Gasteiger partial charge is 0.463 e. The second-order valence-electron chi connectivity index (χ2n) is 4.51. The molecule has 82 valence electrons. The molecule has 1 unspecified atom stereocenters. The number of rotatable bonds is 2. The van der Waals surface area contributed by atoms with Crippen molar-refractivity contribution in [2.45, 2.75) is 52.1 Å². The molecule has 0 aliphatic carbocycles. The van der Waals surface area contributed by atoms with Crippen LogP contribution in [0, 0.1) is 0 Å². The summed E-state index contributed by atoms with van der Waals surface area (Å²) in [6, 6.07) is 0. The van der Waals surface area contributed by atoms with Crippen molar-refractivity contribution < 1.29 is 19.0 Å². The molecule has 0 N–H and O–H groups in total. The van der Waals surface area contributed by atoms with Gasteiger partial charge in [0.1, 0.15) is 12.7 Å². The van der Waals surface area contributed by atoms with Crippen LogP contribution in [0.1, 0.15) is 34.6 Å². The van der Waals surface area contributed by atoms with Crippen molar-refractivity contribution in [3.8, 4) is 0 Å². The average molecular weight is 202 g/mol. The van der Waals surface area contributed by atoms with Gasteiger partial charge in [-0.3, -0.25) is 4.79 Å². The summed E-state index contributed by atoms with van der Waals surface area (Å²) in [5.74, 6) is -0.900. The van der Waals surface area contributed by atoms with Crippen molar-refractivity contribution in [1.29, 1.82) is 0 Å². The fraction of sp³-hybridized carbons (Fsp3) is 0.900. The topological polar surface area (TPSA) is 44.8 Å². The molecule has 0 aromatic carbocycles. The Morgan fingerprint density at radius 1 is 1.36 bits per heavy atom. The van der Waals surface area contributed by atoms with Crippen molar-refractivity contribution in [3.05, 3.63) is 0 Å². The Kier molecular flexibility index (Phi) is 2.88. The molecule has 1 rings (SSSR count). The summed E-state index contributed by atoms with van der Waals surface area (Å²) in [6.07, 6.45) is -0.207. The van der Waals surface area contributed by atoms with Crippen LogP contribution in [0.15, 0.2) is 0 Å². The summed E-state index contributed by atoms with van der Waals surface area (Å²) in [6.45, 7) is 9.18. The zero-order valence-electron chi connectivity index (χ0n) is 9.42. The van der Waals surface area contributed by atoms with Crippen LogP contribution in [0.3, 0.4) is 0 Å². The zero-order valence-corrected chi connectivity index (χ0v) is 9.42. The molecule has 4 heteroatoms. The predicted octanol–water partition coefficient (Wildman–Crippen LogP) is 1.48. The van der Waals surface area contributed by atoms with Crippen LogP contribution in [-0.2, 0) is 19.0 Å². The maximum atomic E-state index is 10.7. The first-order valence-corrected chi connectivity index (χ1v) is 4.74. The Morgan fingerprint density at radius 3 is 2.29 bits per heavy atom. The number of hydrogen-bond donors (Lipinski definition) is 0. The van der Waals surface area contributed by atoms with Crippen LogP contribution >= 0.6 is 0 Å². The molecule has 0 radical (unpaired) electrons. The van der Waals surface area contributed by atoms with Crippen LogP contribution in [0.25, 0.3) is 0 Å². The van der Waals surface area contributed by atoms with Gasteiger partial charge in [0.25, 0.3) is 0 Å². The van der Waals surface area contributed by atoms with Gasteiger partial charge in [-0.05, 0) is 27.7 Å². The van der Waals surface area contributed by atoms with E-state index < -0.39 is 11.4 Å². The lowest BCUT2D eigenvalue weighted by molar-refractivity contribution is -0.163. The van der Waals surface area contributed by atoms with E-state index in [-0.39, 0.29) is 18.7 Å². The highest BCUT2D eigenvalue weighted by molar-refractivity contribution is 5.65. The summed E-state index contributed by atoms with van der Waals surface area (Å²) in [5, 5.41) is 0. The van der Waals surface area contributed by atoms with Crippen LogP contribution in [0.2, 0.25) is 0 Å². The van der Waals surface area contributed by atoms with Crippen molar-refractivity contribution in [2.75, 3.05) is 6.61 Å². The molecule has 4 nitrogen and oxygen atoms in total. The van der Waals surface area contributed by atoms with E-state index >= 15 is 0 Å². The van der Waals surface area contributed by atoms with Crippen molar-refractivity contribution in [3.63, 3.8) is 0 Å². The molecular weight excluding hydrogens is 184 g/mol. The highest BCUT2D eigenvalue weighted by atomic mass is 16.8. The lowest BCUT2D eigenvalue weighted by Gasteiger charge is -2.23. The van der Waals surface area contributed by atoms with E-state index in [2.05, 4.69) is 0 Å². The minimum Gasteiger partial charge on any atom is -0.463 e. The molecule has 0 amide bonds. The SMILES string of the molecule is CC(=O)OCC1OC(C)(C)OC1(C)C. The third-order valence-corrected chi connectivity index (χ3v) is 2.15. The lowest BCUT2D eigenvalue weighted by Crippen LogP contribution is -2.37. The fourth-order valence-electron chi connectivity index (χ4n) is 1.64. The van der Waals surface area contributed by atoms with Gasteiger partial charge in [0.2, 0.25) is 0 Å². The van der Waals surface area contributed by atoms with Crippen LogP contribution < -0.4 is 0 Å². The van der Waals surface area contributed by atoms with Crippen molar-refractivity contribution in [2.24, 2.45) is 0 Å². The minimum atomic E-state index is -0.603. The Balaban J connectivity index is 2.57. The van der Waals surface area contributed by atoms with Crippen LogP contribution in [0.5, 0.6) is 0 Å². The average Bonchev–Trinajstić information content (AvgIpc) is 2.14. The summed E-state index contributed by atoms with van der Waals surface area (Å²) in [5.41, 5.74) is -0.418. The van der Waals surface area contributed by atoms with E-state index in [1.807, 2.05) is 27.7 Å². The number of carbonyl (C=O) groups excluding carboxylic acids is 1. The third-order valence-electron chi connectivity index (χ3n) is 2.15. The monoisotopic (exact) mass is 202 g/mol. The van der Waals surface area contributed by atoms with E-state index in [0.717, 1.165) is 0 Å². The van der Waals surface area contributed by atoms with Gasteiger partial charge in [0, 0.05) is 6.92 Å². The van der Waals surface area contributed by atoms with Gasteiger partial charge < -0.3 is 14.2 Å². The first-order valence-electron chi connectivity index (χ1n) is 4.74. The highest BCUT2D eigenvalue weighted by Crippen LogP contribution is 2.35. The zero-order chi connectivity index (χ0) is 11.0. The molecule has 0 bridgehead atoms. The summed E-state index contributed by atoms with van der Waals surface area (Å²) >= 11 is 0. The summed E-state index contributed by atoms with van der Waals surface area (Å²) in [7, 11) is 0. The third kappa shape index (κ3) is 2.69. The molecule has 1 atom stereocenters. The van der Waals surface area contributed by atoms with E-state index in [4.69, 9.17) is 14.2 Å². The molecule has 14 heavy (non-hydrogen) atoms. The first kappa shape index (κ1) is 11.5. The highest BCUT2D eigenvalue weighted by Gasteiger charge is 2.47. The number of ether oxygens (including phenoxy) is 3. The van der Waals surface area contributed by atoms with Gasteiger partial charge in [-0.15, -0.1) is 0 Å². The van der Waals surface area contributed by atoms with Crippen molar-refractivity contribution in [1.82, 2.24) is 0 Å². The van der Waals surface area contributed by atoms with Crippen molar-refractivity contribution >= 4 is 5.97 Å². The molecule has 0 saturated carbocycles. The van der Waals surface area contributed by atoms with Gasteiger partial charge in [0.05, 0.1) is 5.60 Å². The second kappa shape index (κ2) is 3.51. The normalized spacial score (nSPS) is 28.8. The predicted molar refractivity (Wildman–Crippen MR) is 50.7 cm³/mol. The van der Waals surface area contributed by atoms with E-state index in [9.17, 15) is 4.79 Å². The Bertz CT molecular complexity index is 232. The van der Waals surface area contributed by atoms with Gasteiger partial charge in [-0.25, -0.2) is 0 Å². The van der Waals surface area contributed by atoms with Crippen LogP contribution in [-0.4, -0.2) is 30.1 Å². The van der Waals surface area contributed by atoms with Gasteiger partial charge in [-0.2, -0.15) is 0 Å². The quantitative estimate of drug-likeness (QED) is 0.636. The number of esters is 1. The fourth-order valence-corrected chi connectivity index (χ4v) is 1.64. The maximum Gasteiger partial charge on any atom is 0.302 e. The number of hydrogen-bond acceptors (Lipinski definition) is 4. The van der Waals surface area contributed by atoms with Gasteiger partial charge >= 0.3 is 5.97 Å². The van der Waals surface area contributed by atoms with E-state index in [1.165, 1.54) is 6.92 Å². The van der Waals surface area contributed by atoms with E-state index in [1.54, 1.807) is 0 Å². The molecule has 1 aliphatic rings. The van der Waals surface area contributed by atoms with Crippen LogP contribution in [0.4, 0.5) is 0 Å². The molecule has 0 aromatic heterocycles. The molecular formula is C10H18O4. The second-order valence-corrected chi connectivity index (χ2v) is 4.51. The van der Waals surface area contributed by atoms with E-state index in [0.29, 0.717) is 0 Å². The Morgan fingerprint density at radius 2 is 1.93 bits per heavy atom. The summed E-state index contributed by atoms with van der Waals surface area (Å²) in [4.78, 5) is 10.7. The lowest BCUT2D eigenvalue weighted by atomic mass is 10.0. The smallest absolute Gasteiger partial charge is 0.302 e. The Hall–Kier alpha value is -0.610. The first-order chi connectivity index (χ1) is 6.23. The molecule has 0 aromatic rings. The molecule has 1 heterocycles. The molecule has 0 spiro atoms. The minimum absolute atomic E-state index is 0.207. The molecule has 1 saturated heterocycles. The molecule has 1 aliphatic heterocycles. The summed E-state index contributed by atoms with van der Waals surface area (Å²) < 4.78 is 16.2. The van der Waals surface area contributed by atoms with Gasteiger partial charge in [-0.1, -0.05) is 0 Å². The standard InChI is InChI=1S/C10H18O4/c1-7(11)12-6-8-9(2,3)14-10(4,5)13-8/h8H,6H2,1-5H3. The number of carbonyl (C=O) groups is 1. The molecule has 1 fully saturated rings. The Labute approximate surface area is 84.5 Å². The van der Waals surface area contributed by atoms with Gasteiger partial charge in [0.15, 0.2) is 5.79 Å². The maximum absolute atomic E-state index is 10.7.